The van der Waals surface area contributed by atoms with Crippen molar-refractivity contribution in [3.8, 4) is 78.6 Å². The molecule has 0 radical (unpaired) electrons. The van der Waals surface area contributed by atoms with Gasteiger partial charge in [0.1, 0.15) is 18.2 Å². The van der Waals surface area contributed by atoms with Crippen LogP contribution in [0, 0.1) is 13.8 Å². The minimum atomic E-state index is -1.75. The van der Waals surface area contributed by atoms with E-state index in [-0.39, 0.29) is 63.9 Å². The van der Waals surface area contributed by atoms with Crippen LogP contribution < -0.4 is 13.9 Å². The van der Waals surface area contributed by atoms with E-state index in [4.69, 9.17) is 7.48 Å². The molecular formula is C67H67N3O+2. The summed E-state index contributed by atoms with van der Waals surface area (Å²) in [5.74, 6) is -0.307. The van der Waals surface area contributed by atoms with Crippen LogP contribution >= 0.6 is 0 Å². The van der Waals surface area contributed by atoms with Crippen LogP contribution in [0.4, 0.5) is 0 Å². The Labute approximate surface area is 431 Å². The standard InChI is InChI=1S/C67H67N3O/c1-40-23-25-42(26-24-40)45-31-32-68-57(34-45)53-36-47(64(6,7)8)35-52-49-21-18-22-56-60(49)70-62(54-37-48(65(9,10)11)38-55(66(12,13)14)61(54)71-67(68,70)59(52)53)69(56)58-39-50(43-19-16-15-17-20-43)41(2)33-51(58)44-27-29-46(30-28-44)63(3,4)5/h15-39H,1-14H3/q+2/i23D,24D,25D,26D,31D,32D,34D. The number of imidazole rings is 1. The third-order valence-corrected chi connectivity index (χ3v) is 15.1. The normalized spacial score (nSPS) is 17.0. The predicted octanol–water partition coefficient (Wildman–Crippen LogP) is 16.2. The molecule has 12 rings (SSSR count). The number of pyridine rings is 1. The lowest BCUT2D eigenvalue weighted by molar-refractivity contribution is -0.997. The highest BCUT2D eigenvalue weighted by molar-refractivity contribution is 5.99. The molecule has 1 unspecified atom stereocenters. The van der Waals surface area contributed by atoms with E-state index < -0.39 is 22.7 Å². The molecule has 0 fully saturated rings. The summed E-state index contributed by atoms with van der Waals surface area (Å²) >= 11 is 0. The highest BCUT2D eigenvalue weighted by Crippen LogP contribution is 2.57. The van der Waals surface area contributed by atoms with Gasteiger partial charge < -0.3 is 4.74 Å². The molecule has 0 saturated heterocycles. The SMILES string of the molecule is [2H]c1c([2H])c(-c2c([2H])c([2H])[n+]3c(c2[2H])-c2cc(C(C)(C)C)cc4c2C32Oc3c(cc(C(C)(C)C)cc3C(C)(C)C)-c3n(-c5cc(-c6ccccc6)c(C)cc5-c5ccc(C(C)(C)C)cc5)c5cccc-4c5[n+]32)c([2H])c([2H])c1C. The largest absolute Gasteiger partial charge is 0.499 e. The lowest BCUT2D eigenvalue weighted by Gasteiger charge is -2.36. The summed E-state index contributed by atoms with van der Waals surface area (Å²) in [6, 6.07) is 37.7. The molecule has 4 heteroatoms. The van der Waals surface area contributed by atoms with Crippen molar-refractivity contribution in [2.75, 3.05) is 0 Å². The molecule has 5 heterocycles. The molecule has 3 aliphatic heterocycles. The topological polar surface area (TPSA) is 21.9 Å². The molecule has 2 aromatic heterocycles. The van der Waals surface area contributed by atoms with Crippen molar-refractivity contribution in [3.05, 3.63) is 191 Å². The van der Waals surface area contributed by atoms with Crippen molar-refractivity contribution in [1.82, 2.24) is 4.57 Å². The molecule has 0 bridgehead atoms. The maximum atomic E-state index is 10.5. The van der Waals surface area contributed by atoms with Gasteiger partial charge in [-0.1, -0.05) is 180 Å². The van der Waals surface area contributed by atoms with Gasteiger partial charge in [-0.15, -0.1) is 9.13 Å². The molecule has 3 aliphatic rings. The first-order chi connectivity index (χ1) is 36.5. The minimum Gasteiger partial charge on any atom is -0.392 e. The van der Waals surface area contributed by atoms with Crippen LogP contribution in [0.25, 0.3) is 83.9 Å². The first-order valence-corrected chi connectivity index (χ1v) is 25.1. The van der Waals surface area contributed by atoms with Gasteiger partial charge in [0, 0.05) is 34.3 Å². The van der Waals surface area contributed by atoms with Gasteiger partial charge in [0.05, 0.1) is 13.8 Å². The number of benzene rings is 7. The lowest BCUT2D eigenvalue weighted by atomic mass is 9.78. The first kappa shape index (κ1) is 37.7. The number of aryl methyl sites for hydroxylation is 1. The van der Waals surface area contributed by atoms with E-state index in [1.807, 2.05) is 6.07 Å². The quantitative estimate of drug-likeness (QED) is 0.161. The van der Waals surface area contributed by atoms with Gasteiger partial charge in [-0.3, -0.25) is 0 Å². The van der Waals surface area contributed by atoms with Gasteiger partial charge in [-0.05, 0) is 128 Å². The third kappa shape index (κ3) is 6.69. The first-order valence-electron chi connectivity index (χ1n) is 28.6. The van der Waals surface area contributed by atoms with E-state index in [2.05, 4.69) is 202 Å². The summed E-state index contributed by atoms with van der Waals surface area (Å²) in [7, 11) is 0. The Hall–Kier alpha value is -7.04. The van der Waals surface area contributed by atoms with Crippen LogP contribution in [-0.4, -0.2) is 4.57 Å². The molecule has 0 N–H and O–H groups in total. The average Bonchev–Trinajstić information content (AvgIpc) is 1.72. The predicted molar refractivity (Wildman–Crippen MR) is 294 cm³/mol. The number of fused-ring (bicyclic) bond motifs is 5. The monoisotopic (exact) mass is 937 g/mol. The Balaban J connectivity index is 1.33. The van der Waals surface area contributed by atoms with Gasteiger partial charge in [0.2, 0.25) is 5.69 Å². The molecule has 7 aromatic carbocycles. The van der Waals surface area contributed by atoms with E-state index >= 15 is 0 Å². The van der Waals surface area contributed by atoms with Gasteiger partial charge in [-0.2, -0.15) is 4.57 Å². The van der Waals surface area contributed by atoms with Crippen molar-refractivity contribution in [3.63, 3.8) is 0 Å². The Morgan fingerprint density at radius 3 is 1.82 bits per heavy atom. The smallest absolute Gasteiger partial charge is 0.392 e. The summed E-state index contributed by atoms with van der Waals surface area (Å²) < 4.78 is 82.0. The van der Waals surface area contributed by atoms with Crippen molar-refractivity contribution in [1.29, 1.82) is 0 Å². The molecule has 1 atom stereocenters. The number of hydrogen-bond acceptors (Lipinski definition) is 1. The number of hydrogen-bond donors (Lipinski definition) is 0. The van der Waals surface area contributed by atoms with E-state index in [0.29, 0.717) is 17.0 Å². The van der Waals surface area contributed by atoms with Crippen LogP contribution in [-0.2, 0) is 27.5 Å². The lowest BCUT2D eigenvalue weighted by Crippen LogP contribution is -2.78. The second-order valence-electron chi connectivity index (χ2n) is 24.3. The highest BCUT2D eigenvalue weighted by Gasteiger charge is 2.69. The second kappa shape index (κ2) is 15.0. The molecule has 71 heavy (non-hydrogen) atoms. The van der Waals surface area contributed by atoms with Crippen molar-refractivity contribution in [2.24, 2.45) is 0 Å². The van der Waals surface area contributed by atoms with E-state index in [1.165, 1.54) is 5.56 Å². The Bertz CT molecular complexity index is 4100. The second-order valence-corrected chi connectivity index (χ2v) is 24.3. The van der Waals surface area contributed by atoms with E-state index in [1.54, 1.807) is 11.5 Å². The number of nitrogens with zero attached hydrogens (tertiary/aromatic N) is 3. The van der Waals surface area contributed by atoms with E-state index in [9.17, 15) is 6.85 Å². The summed E-state index contributed by atoms with van der Waals surface area (Å²) in [5.41, 5.74) is 15.4. The Morgan fingerprint density at radius 2 is 1.15 bits per heavy atom. The molecule has 1 spiro atoms. The van der Waals surface area contributed by atoms with Crippen LogP contribution in [0.1, 0.15) is 132 Å². The Kier molecular flexibility index (Phi) is 7.97. The minimum absolute atomic E-state index is 0.0620. The zero-order valence-electron chi connectivity index (χ0n) is 50.6. The molecule has 0 amide bonds. The van der Waals surface area contributed by atoms with Crippen LogP contribution in [0.2, 0.25) is 0 Å². The molecule has 0 aliphatic carbocycles. The molecule has 0 saturated carbocycles. The fourth-order valence-electron chi connectivity index (χ4n) is 11.2. The van der Waals surface area contributed by atoms with Crippen molar-refractivity contribution in [2.45, 2.75) is 124 Å². The van der Waals surface area contributed by atoms with Crippen molar-refractivity contribution < 1.29 is 23.5 Å². The van der Waals surface area contributed by atoms with Crippen LogP contribution in [0.15, 0.2) is 152 Å². The zero-order valence-corrected chi connectivity index (χ0v) is 43.6. The maximum Gasteiger partial charge on any atom is 0.499 e. The zero-order chi connectivity index (χ0) is 56.0. The molecular weight excluding hydrogens is 863 g/mol. The summed E-state index contributed by atoms with van der Waals surface area (Å²) in [6.07, 6.45) is -0.292. The maximum absolute atomic E-state index is 10.5. The van der Waals surface area contributed by atoms with Gasteiger partial charge >= 0.3 is 11.7 Å². The van der Waals surface area contributed by atoms with Crippen molar-refractivity contribution >= 4 is 11.0 Å². The summed E-state index contributed by atoms with van der Waals surface area (Å²) in [4.78, 5) is 0. The van der Waals surface area contributed by atoms with Crippen LogP contribution in [0.5, 0.6) is 5.75 Å². The Morgan fingerprint density at radius 1 is 0.521 bits per heavy atom. The van der Waals surface area contributed by atoms with Crippen LogP contribution in [0.3, 0.4) is 0 Å². The number of ether oxygens (including phenoxy) is 1. The number of para-hydroxylation sites is 1. The van der Waals surface area contributed by atoms with Gasteiger partial charge in [0.25, 0.3) is 0 Å². The van der Waals surface area contributed by atoms with E-state index in [0.717, 1.165) is 89.3 Å². The van der Waals surface area contributed by atoms with Gasteiger partial charge in [0.15, 0.2) is 23.0 Å². The molecule has 9 aromatic rings. The molecule has 4 nitrogen and oxygen atoms in total. The summed E-state index contributed by atoms with van der Waals surface area (Å²) in [5, 5.41) is 0. The highest BCUT2D eigenvalue weighted by atomic mass is 16.5. The third-order valence-electron chi connectivity index (χ3n) is 15.1. The molecule has 354 valence electrons. The number of aromatic nitrogens is 3. The fourth-order valence-corrected chi connectivity index (χ4v) is 11.2. The number of rotatable bonds is 4. The fraction of sp³-hybridized carbons (Fsp3) is 0.284. The van der Waals surface area contributed by atoms with Gasteiger partial charge in [-0.25, -0.2) is 0 Å². The average molecular weight is 937 g/mol. The summed E-state index contributed by atoms with van der Waals surface area (Å²) in [6.45, 7) is 30.3.